The summed E-state index contributed by atoms with van der Waals surface area (Å²) < 4.78 is 0. The minimum Gasteiger partial charge on any atom is -0.508 e. The molecule has 0 bridgehead atoms. The van der Waals surface area contributed by atoms with Gasteiger partial charge < -0.3 is 5.11 Å². The SMILES string of the molecule is O=C1CCN(Cc2cccc(O)c2)C1. The van der Waals surface area contributed by atoms with Crippen LogP contribution in [0.1, 0.15) is 12.0 Å². The maximum atomic E-state index is 11.0. The maximum absolute atomic E-state index is 11.0. The van der Waals surface area contributed by atoms with Crippen LogP contribution >= 0.6 is 0 Å². The quantitative estimate of drug-likeness (QED) is 0.762. The van der Waals surface area contributed by atoms with E-state index in [1.807, 2.05) is 12.1 Å². The summed E-state index contributed by atoms with van der Waals surface area (Å²) in [7, 11) is 0. The van der Waals surface area contributed by atoms with Gasteiger partial charge in [0, 0.05) is 19.5 Å². The van der Waals surface area contributed by atoms with Crippen molar-refractivity contribution in [2.24, 2.45) is 0 Å². The number of Topliss-reactive ketones (excluding diaryl/α,β-unsaturated/α-hetero) is 1. The number of hydrogen-bond donors (Lipinski definition) is 1. The first kappa shape index (κ1) is 9.21. The fourth-order valence-corrected chi connectivity index (χ4v) is 1.74. The normalized spacial score (nSPS) is 17.6. The molecule has 3 heteroatoms. The lowest BCUT2D eigenvalue weighted by atomic mass is 10.2. The molecule has 0 saturated carbocycles. The van der Waals surface area contributed by atoms with Crippen LogP contribution in [0, 0.1) is 0 Å². The Morgan fingerprint density at radius 1 is 1.43 bits per heavy atom. The molecule has 0 unspecified atom stereocenters. The Morgan fingerprint density at radius 2 is 2.29 bits per heavy atom. The van der Waals surface area contributed by atoms with Gasteiger partial charge in [-0.2, -0.15) is 0 Å². The number of aromatic hydroxyl groups is 1. The Hall–Kier alpha value is -1.35. The lowest BCUT2D eigenvalue weighted by Gasteiger charge is -2.13. The van der Waals surface area contributed by atoms with Gasteiger partial charge in [-0.25, -0.2) is 0 Å². The topological polar surface area (TPSA) is 40.5 Å². The third kappa shape index (κ3) is 2.12. The van der Waals surface area contributed by atoms with Gasteiger partial charge in [-0.15, -0.1) is 0 Å². The van der Waals surface area contributed by atoms with E-state index >= 15 is 0 Å². The average Bonchev–Trinajstić information content (AvgIpc) is 2.51. The Balaban J connectivity index is 2.00. The predicted molar refractivity (Wildman–Crippen MR) is 53.0 cm³/mol. The summed E-state index contributed by atoms with van der Waals surface area (Å²) in [6.07, 6.45) is 0.665. The number of benzene rings is 1. The zero-order valence-corrected chi connectivity index (χ0v) is 7.94. The van der Waals surface area contributed by atoms with E-state index in [2.05, 4.69) is 4.90 Å². The summed E-state index contributed by atoms with van der Waals surface area (Å²) in [6, 6.07) is 7.17. The first-order chi connectivity index (χ1) is 6.74. The molecule has 1 N–H and O–H groups in total. The number of carbonyl (C=O) groups is 1. The molecule has 0 radical (unpaired) electrons. The summed E-state index contributed by atoms with van der Waals surface area (Å²) in [4.78, 5) is 13.1. The third-order valence-electron chi connectivity index (χ3n) is 2.42. The zero-order valence-electron chi connectivity index (χ0n) is 7.94. The van der Waals surface area contributed by atoms with Crippen molar-refractivity contribution in [1.29, 1.82) is 0 Å². The van der Waals surface area contributed by atoms with Crippen LogP contribution in [0.4, 0.5) is 0 Å². The molecule has 0 spiro atoms. The number of ketones is 1. The van der Waals surface area contributed by atoms with Crippen molar-refractivity contribution in [2.45, 2.75) is 13.0 Å². The molecule has 2 rings (SSSR count). The first-order valence-corrected chi connectivity index (χ1v) is 4.76. The Bertz CT molecular complexity index is 349. The number of likely N-dealkylation sites (tertiary alicyclic amines) is 1. The minimum atomic E-state index is 0.285. The average molecular weight is 191 g/mol. The highest BCUT2D eigenvalue weighted by atomic mass is 16.3. The van der Waals surface area contributed by atoms with Crippen molar-refractivity contribution in [3.8, 4) is 5.75 Å². The smallest absolute Gasteiger partial charge is 0.148 e. The molecule has 0 atom stereocenters. The van der Waals surface area contributed by atoms with E-state index in [4.69, 9.17) is 0 Å². The van der Waals surface area contributed by atoms with E-state index in [-0.39, 0.29) is 5.75 Å². The number of phenols is 1. The van der Waals surface area contributed by atoms with Gasteiger partial charge in [-0.05, 0) is 17.7 Å². The molecule has 0 aromatic heterocycles. The lowest BCUT2D eigenvalue weighted by Crippen LogP contribution is -2.19. The second-order valence-corrected chi connectivity index (χ2v) is 3.67. The van der Waals surface area contributed by atoms with E-state index in [0.29, 0.717) is 18.7 Å². The molecule has 1 fully saturated rings. The molecule has 1 aliphatic heterocycles. The van der Waals surface area contributed by atoms with Crippen molar-refractivity contribution in [2.75, 3.05) is 13.1 Å². The Morgan fingerprint density at radius 3 is 2.93 bits per heavy atom. The second kappa shape index (κ2) is 3.80. The van der Waals surface area contributed by atoms with Crippen LogP contribution in [-0.2, 0) is 11.3 Å². The molecule has 1 aromatic carbocycles. The number of rotatable bonds is 2. The van der Waals surface area contributed by atoms with E-state index in [0.717, 1.165) is 18.7 Å². The Kier molecular flexibility index (Phi) is 2.50. The van der Waals surface area contributed by atoms with Crippen LogP contribution in [0.3, 0.4) is 0 Å². The van der Waals surface area contributed by atoms with Gasteiger partial charge in [0.2, 0.25) is 0 Å². The summed E-state index contributed by atoms with van der Waals surface area (Å²) in [5.74, 6) is 0.596. The predicted octanol–water partition coefficient (Wildman–Crippen LogP) is 1.17. The van der Waals surface area contributed by atoms with E-state index < -0.39 is 0 Å². The summed E-state index contributed by atoms with van der Waals surface area (Å²) in [6.45, 7) is 2.14. The molecular formula is C11H13NO2. The minimum absolute atomic E-state index is 0.285. The molecular weight excluding hydrogens is 178 g/mol. The fourth-order valence-electron chi connectivity index (χ4n) is 1.74. The van der Waals surface area contributed by atoms with Gasteiger partial charge in [0.25, 0.3) is 0 Å². The summed E-state index contributed by atoms with van der Waals surface area (Å²) in [5, 5.41) is 9.25. The molecule has 3 nitrogen and oxygen atoms in total. The van der Waals surface area contributed by atoms with Gasteiger partial charge >= 0.3 is 0 Å². The highest BCUT2D eigenvalue weighted by molar-refractivity contribution is 5.82. The van der Waals surface area contributed by atoms with Crippen molar-refractivity contribution < 1.29 is 9.90 Å². The number of phenolic OH excluding ortho intramolecular Hbond substituents is 1. The molecule has 1 heterocycles. The van der Waals surface area contributed by atoms with Crippen molar-refractivity contribution in [3.63, 3.8) is 0 Å². The molecule has 0 amide bonds. The molecule has 14 heavy (non-hydrogen) atoms. The van der Waals surface area contributed by atoms with Crippen molar-refractivity contribution in [1.82, 2.24) is 4.90 Å². The summed E-state index contributed by atoms with van der Waals surface area (Å²) >= 11 is 0. The third-order valence-corrected chi connectivity index (χ3v) is 2.42. The van der Waals surface area contributed by atoms with Gasteiger partial charge in [0.1, 0.15) is 11.5 Å². The lowest BCUT2D eigenvalue weighted by molar-refractivity contribution is -0.116. The molecule has 74 valence electrons. The zero-order chi connectivity index (χ0) is 9.97. The van der Waals surface area contributed by atoms with E-state index in [1.165, 1.54) is 0 Å². The molecule has 0 aliphatic carbocycles. The second-order valence-electron chi connectivity index (χ2n) is 3.67. The highest BCUT2D eigenvalue weighted by Crippen LogP contribution is 2.15. The highest BCUT2D eigenvalue weighted by Gasteiger charge is 2.18. The van der Waals surface area contributed by atoms with Gasteiger partial charge in [0.15, 0.2) is 0 Å². The number of nitrogens with zero attached hydrogens (tertiary/aromatic N) is 1. The molecule has 1 aliphatic rings. The van der Waals surface area contributed by atoms with E-state index in [9.17, 15) is 9.90 Å². The van der Waals surface area contributed by atoms with Gasteiger partial charge in [-0.1, -0.05) is 12.1 Å². The molecule has 1 saturated heterocycles. The number of carbonyl (C=O) groups excluding carboxylic acids is 1. The first-order valence-electron chi connectivity index (χ1n) is 4.76. The van der Waals surface area contributed by atoms with Crippen LogP contribution in [0.15, 0.2) is 24.3 Å². The van der Waals surface area contributed by atoms with Gasteiger partial charge in [0.05, 0.1) is 6.54 Å². The van der Waals surface area contributed by atoms with Gasteiger partial charge in [-0.3, -0.25) is 9.69 Å². The molecule has 1 aromatic rings. The van der Waals surface area contributed by atoms with Crippen molar-refractivity contribution in [3.05, 3.63) is 29.8 Å². The fraction of sp³-hybridized carbons (Fsp3) is 0.364. The van der Waals surface area contributed by atoms with Crippen LogP contribution < -0.4 is 0 Å². The van der Waals surface area contributed by atoms with Crippen LogP contribution in [0.2, 0.25) is 0 Å². The van der Waals surface area contributed by atoms with Crippen LogP contribution in [-0.4, -0.2) is 28.9 Å². The van der Waals surface area contributed by atoms with Crippen molar-refractivity contribution >= 4 is 5.78 Å². The monoisotopic (exact) mass is 191 g/mol. The maximum Gasteiger partial charge on any atom is 0.148 e. The number of hydrogen-bond acceptors (Lipinski definition) is 3. The van der Waals surface area contributed by atoms with E-state index in [1.54, 1.807) is 12.1 Å². The Labute approximate surface area is 83.0 Å². The standard InChI is InChI=1S/C11H13NO2/c13-10-3-1-2-9(6-10)7-12-5-4-11(14)8-12/h1-3,6,13H,4-5,7-8H2. The largest absolute Gasteiger partial charge is 0.508 e. The van der Waals surface area contributed by atoms with Crippen LogP contribution in [0.5, 0.6) is 5.75 Å². The van der Waals surface area contributed by atoms with Crippen LogP contribution in [0.25, 0.3) is 0 Å². The summed E-state index contributed by atoms with van der Waals surface area (Å²) in [5.41, 5.74) is 1.06.